The lowest BCUT2D eigenvalue weighted by Gasteiger charge is -2.11. The molecule has 0 unspecified atom stereocenters. The molecule has 0 atom stereocenters. The summed E-state index contributed by atoms with van der Waals surface area (Å²) in [6.07, 6.45) is 1.54. The van der Waals surface area contributed by atoms with Crippen LogP contribution in [0.5, 0.6) is 0 Å². The number of benzene rings is 2. The predicted molar refractivity (Wildman–Crippen MR) is 114 cm³/mol. The van der Waals surface area contributed by atoms with Crippen molar-refractivity contribution in [2.24, 2.45) is 0 Å². The van der Waals surface area contributed by atoms with Gasteiger partial charge in [0, 0.05) is 11.6 Å². The highest BCUT2D eigenvalue weighted by Gasteiger charge is 2.35. The number of hydrogen-bond acceptors (Lipinski definition) is 5. The number of imide groups is 1. The molecule has 4 rings (SSSR count). The van der Waals surface area contributed by atoms with E-state index in [9.17, 15) is 19.5 Å². The number of carboxylic acid groups (broad SMARTS) is 1. The van der Waals surface area contributed by atoms with Crippen molar-refractivity contribution >= 4 is 35.0 Å². The maximum atomic E-state index is 12.7. The summed E-state index contributed by atoms with van der Waals surface area (Å²) in [7, 11) is 0. The minimum absolute atomic E-state index is 0.163. The summed E-state index contributed by atoms with van der Waals surface area (Å²) in [5.41, 5.74) is 2.56. The van der Waals surface area contributed by atoms with Gasteiger partial charge in [0.05, 0.1) is 17.0 Å². The van der Waals surface area contributed by atoms with Gasteiger partial charge in [-0.05, 0) is 54.1 Å². The van der Waals surface area contributed by atoms with Gasteiger partial charge in [-0.15, -0.1) is 0 Å². The summed E-state index contributed by atoms with van der Waals surface area (Å²) in [6, 6.07) is 17.5. The van der Waals surface area contributed by atoms with E-state index in [1.807, 2.05) is 37.3 Å². The molecule has 2 heterocycles. The molecular weight excluding hydrogens is 402 g/mol. The van der Waals surface area contributed by atoms with E-state index in [0.717, 1.165) is 22.9 Å². The van der Waals surface area contributed by atoms with Crippen molar-refractivity contribution in [3.05, 3.63) is 88.0 Å². The van der Waals surface area contributed by atoms with Gasteiger partial charge in [0.25, 0.3) is 11.1 Å². The highest BCUT2D eigenvalue weighted by molar-refractivity contribution is 8.18. The molecule has 0 saturated carbocycles. The van der Waals surface area contributed by atoms with Crippen molar-refractivity contribution in [2.45, 2.75) is 13.5 Å². The van der Waals surface area contributed by atoms with Crippen LogP contribution in [0.3, 0.4) is 0 Å². The Morgan fingerprint density at radius 1 is 1.10 bits per heavy atom. The molecule has 1 aliphatic rings. The first kappa shape index (κ1) is 19.7. The van der Waals surface area contributed by atoms with Gasteiger partial charge >= 0.3 is 5.97 Å². The SMILES string of the molecule is Cc1ccc(C(=O)O)cc1-c1ccc(/C=C2/SC(=O)N(Cc3ccccc3)C2=O)o1. The summed E-state index contributed by atoms with van der Waals surface area (Å²) in [5.74, 6) is -0.480. The molecule has 1 saturated heterocycles. The van der Waals surface area contributed by atoms with Crippen molar-refractivity contribution in [3.63, 3.8) is 0 Å². The summed E-state index contributed by atoms with van der Waals surface area (Å²) in [4.78, 5) is 37.7. The van der Waals surface area contributed by atoms with Gasteiger partial charge in [-0.3, -0.25) is 14.5 Å². The molecule has 1 aromatic heterocycles. The number of carboxylic acids is 1. The van der Waals surface area contributed by atoms with Crippen molar-refractivity contribution in [1.29, 1.82) is 0 Å². The van der Waals surface area contributed by atoms with Gasteiger partial charge in [0.15, 0.2) is 0 Å². The van der Waals surface area contributed by atoms with E-state index < -0.39 is 5.97 Å². The fraction of sp³-hybridized carbons (Fsp3) is 0.0870. The first-order valence-electron chi connectivity index (χ1n) is 9.16. The topological polar surface area (TPSA) is 87.8 Å². The van der Waals surface area contributed by atoms with E-state index in [1.54, 1.807) is 24.3 Å². The first-order chi connectivity index (χ1) is 14.4. The molecule has 2 aromatic carbocycles. The molecule has 2 amide bonds. The van der Waals surface area contributed by atoms with Crippen LogP contribution in [0.15, 0.2) is 70.0 Å². The maximum absolute atomic E-state index is 12.7. The molecule has 0 aliphatic carbocycles. The quantitative estimate of drug-likeness (QED) is 0.573. The molecule has 7 heteroatoms. The minimum atomic E-state index is -1.02. The lowest BCUT2D eigenvalue weighted by molar-refractivity contribution is -0.123. The van der Waals surface area contributed by atoms with Crippen LogP contribution in [-0.2, 0) is 11.3 Å². The number of carbonyl (C=O) groups excluding carboxylic acids is 2. The van der Waals surface area contributed by atoms with Gasteiger partial charge in [-0.25, -0.2) is 4.79 Å². The Morgan fingerprint density at radius 3 is 2.60 bits per heavy atom. The van der Waals surface area contributed by atoms with Crippen LogP contribution in [0.25, 0.3) is 17.4 Å². The maximum Gasteiger partial charge on any atom is 0.335 e. The van der Waals surface area contributed by atoms with E-state index in [4.69, 9.17) is 4.42 Å². The first-order valence-corrected chi connectivity index (χ1v) is 9.97. The second-order valence-corrected chi connectivity index (χ2v) is 7.78. The monoisotopic (exact) mass is 419 g/mol. The Kier molecular flexibility index (Phi) is 5.29. The number of aryl methyl sites for hydroxylation is 1. The van der Waals surface area contributed by atoms with Crippen molar-refractivity contribution in [3.8, 4) is 11.3 Å². The van der Waals surface area contributed by atoms with Crippen LogP contribution in [0.1, 0.15) is 27.2 Å². The molecule has 1 fully saturated rings. The number of aromatic carboxylic acids is 1. The van der Waals surface area contributed by atoms with E-state index in [2.05, 4.69) is 0 Å². The number of carbonyl (C=O) groups is 3. The van der Waals surface area contributed by atoms with Gasteiger partial charge in [0.1, 0.15) is 11.5 Å². The summed E-state index contributed by atoms with van der Waals surface area (Å²) in [6.45, 7) is 2.07. The van der Waals surface area contributed by atoms with E-state index in [1.165, 1.54) is 17.0 Å². The van der Waals surface area contributed by atoms with Crippen LogP contribution in [0.2, 0.25) is 0 Å². The Labute approximate surface area is 176 Å². The van der Waals surface area contributed by atoms with E-state index in [0.29, 0.717) is 17.1 Å². The molecule has 30 heavy (non-hydrogen) atoms. The summed E-state index contributed by atoms with van der Waals surface area (Å²) < 4.78 is 5.82. The lowest BCUT2D eigenvalue weighted by Crippen LogP contribution is -2.27. The fourth-order valence-electron chi connectivity index (χ4n) is 3.13. The Bertz CT molecular complexity index is 1180. The molecule has 3 aromatic rings. The van der Waals surface area contributed by atoms with Crippen LogP contribution in [-0.4, -0.2) is 27.1 Å². The average Bonchev–Trinajstić information content (AvgIpc) is 3.29. The molecule has 0 radical (unpaired) electrons. The van der Waals surface area contributed by atoms with Gasteiger partial charge in [-0.2, -0.15) is 0 Å². The third kappa shape index (κ3) is 3.92. The summed E-state index contributed by atoms with van der Waals surface area (Å²) in [5, 5.41) is 8.88. The largest absolute Gasteiger partial charge is 0.478 e. The Balaban J connectivity index is 1.57. The minimum Gasteiger partial charge on any atom is -0.478 e. The molecule has 150 valence electrons. The standard InChI is InChI=1S/C23H17NO5S/c1-14-7-8-16(22(26)27)11-18(14)19-10-9-17(29-19)12-20-21(25)24(23(28)30-20)13-15-5-3-2-4-6-15/h2-12H,13H2,1H3,(H,26,27)/b20-12+. The highest BCUT2D eigenvalue weighted by Crippen LogP contribution is 2.34. The number of nitrogens with zero attached hydrogens (tertiary/aromatic N) is 1. The van der Waals surface area contributed by atoms with E-state index >= 15 is 0 Å². The number of thioether (sulfide) groups is 1. The molecule has 0 spiro atoms. The van der Waals surface area contributed by atoms with Crippen LogP contribution < -0.4 is 0 Å². The molecule has 6 nitrogen and oxygen atoms in total. The number of rotatable bonds is 5. The van der Waals surface area contributed by atoms with Crippen LogP contribution >= 0.6 is 11.8 Å². The van der Waals surface area contributed by atoms with E-state index in [-0.39, 0.29) is 28.2 Å². The number of furan rings is 1. The van der Waals surface area contributed by atoms with Crippen molar-refractivity contribution in [2.75, 3.05) is 0 Å². The molecule has 0 bridgehead atoms. The normalized spacial score (nSPS) is 15.2. The third-order valence-corrected chi connectivity index (χ3v) is 5.61. The molecular formula is C23H17NO5S. The number of amides is 2. The second-order valence-electron chi connectivity index (χ2n) is 6.79. The second kappa shape index (κ2) is 8.04. The number of hydrogen-bond donors (Lipinski definition) is 1. The van der Waals surface area contributed by atoms with Crippen molar-refractivity contribution in [1.82, 2.24) is 4.90 Å². The average molecular weight is 419 g/mol. The summed E-state index contributed by atoms with van der Waals surface area (Å²) >= 11 is 0.871. The van der Waals surface area contributed by atoms with Gasteiger partial charge in [0.2, 0.25) is 0 Å². The predicted octanol–water partition coefficient (Wildman–Crippen LogP) is 5.19. The zero-order valence-electron chi connectivity index (χ0n) is 16.0. The van der Waals surface area contributed by atoms with Crippen LogP contribution in [0, 0.1) is 6.92 Å². The van der Waals surface area contributed by atoms with Gasteiger partial charge < -0.3 is 9.52 Å². The fourth-order valence-corrected chi connectivity index (χ4v) is 3.95. The molecule has 1 aliphatic heterocycles. The smallest absolute Gasteiger partial charge is 0.335 e. The Hall–Kier alpha value is -3.58. The van der Waals surface area contributed by atoms with Gasteiger partial charge in [-0.1, -0.05) is 36.4 Å². The highest BCUT2D eigenvalue weighted by atomic mass is 32.2. The lowest BCUT2D eigenvalue weighted by atomic mass is 10.0. The zero-order chi connectivity index (χ0) is 21.3. The third-order valence-electron chi connectivity index (χ3n) is 4.71. The van der Waals surface area contributed by atoms with Crippen LogP contribution in [0.4, 0.5) is 4.79 Å². The zero-order valence-corrected chi connectivity index (χ0v) is 16.8. The molecule has 1 N–H and O–H groups in total. The van der Waals surface area contributed by atoms with Crippen molar-refractivity contribution < 1.29 is 23.9 Å². The Morgan fingerprint density at radius 2 is 1.87 bits per heavy atom.